The monoisotopic (exact) mass is 631 g/mol. The molecule has 0 saturated heterocycles. The van der Waals surface area contributed by atoms with Crippen molar-refractivity contribution >= 4 is 11.8 Å². The van der Waals surface area contributed by atoms with Crippen molar-refractivity contribution in [1.29, 1.82) is 0 Å². The first kappa shape index (κ1) is 42.5. The van der Waals surface area contributed by atoms with Crippen LogP contribution in [0.3, 0.4) is 0 Å². The van der Waals surface area contributed by atoms with Crippen LogP contribution in [0.4, 0.5) is 0 Å². The number of amides is 2. The summed E-state index contributed by atoms with van der Waals surface area (Å²) in [7, 11) is 3.48. The molecule has 0 radical (unpaired) electrons. The molecule has 0 heterocycles. The fourth-order valence-corrected chi connectivity index (χ4v) is 4.57. The summed E-state index contributed by atoms with van der Waals surface area (Å²) in [5, 5.41) is 33.4. The highest BCUT2D eigenvalue weighted by Crippen LogP contribution is 2.17. The number of likely N-dealkylation sites (N-methyl/N-ethyl adjacent to an activating group) is 1. The Hall–Kier alpha value is -1.46. The molecule has 0 aromatic carbocycles. The van der Waals surface area contributed by atoms with Crippen LogP contribution in [0.5, 0.6) is 0 Å². The SMILES string of the molecule is CCC(CC(C)C(=O)N(C)CCNCCNCCNCCNCCNCCNCCNCCNCCNCCN)C(=O)NC. The van der Waals surface area contributed by atoms with Crippen molar-refractivity contribution in [2.45, 2.75) is 26.7 Å². The Morgan fingerprint density at radius 2 is 0.909 bits per heavy atom. The van der Waals surface area contributed by atoms with Gasteiger partial charge in [-0.15, -0.1) is 0 Å². The summed E-state index contributed by atoms with van der Waals surface area (Å²) in [5.74, 6) is -0.158. The summed E-state index contributed by atoms with van der Waals surface area (Å²) >= 11 is 0. The first-order valence-corrected chi connectivity index (χ1v) is 17.0. The molecule has 262 valence electrons. The number of carbonyl (C=O) groups excluding carboxylic acids is 2. The number of rotatable bonds is 34. The van der Waals surface area contributed by atoms with E-state index in [2.05, 4.69) is 53.2 Å². The molecule has 0 aromatic heterocycles. The lowest BCUT2D eigenvalue weighted by atomic mass is 9.92. The van der Waals surface area contributed by atoms with Gasteiger partial charge in [-0.3, -0.25) is 9.59 Å². The number of nitrogens with two attached hydrogens (primary N) is 1. The normalized spacial score (nSPS) is 12.8. The molecular weight excluding hydrogens is 560 g/mol. The molecule has 0 rings (SSSR count). The van der Waals surface area contributed by atoms with Crippen molar-refractivity contribution in [3.05, 3.63) is 0 Å². The van der Waals surface area contributed by atoms with Crippen LogP contribution < -0.4 is 58.9 Å². The molecule has 2 unspecified atom stereocenters. The Labute approximate surface area is 268 Å². The zero-order chi connectivity index (χ0) is 32.5. The molecule has 2 amide bonds. The van der Waals surface area contributed by atoms with Crippen molar-refractivity contribution in [3.63, 3.8) is 0 Å². The second kappa shape index (κ2) is 32.9. The molecule has 0 aliphatic rings. The zero-order valence-electron chi connectivity index (χ0n) is 28.6. The third-order valence-electron chi connectivity index (χ3n) is 7.32. The average molecular weight is 631 g/mol. The van der Waals surface area contributed by atoms with E-state index in [1.807, 2.05) is 20.9 Å². The fraction of sp³-hybridized carbons (Fsp3) is 0.933. The molecule has 0 aromatic rings. The molecule has 14 nitrogen and oxygen atoms in total. The number of nitrogens with zero attached hydrogens (tertiary/aromatic N) is 1. The molecule has 44 heavy (non-hydrogen) atoms. The summed E-state index contributed by atoms with van der Waals surface area (Å²) < 4.78 is 0. The van der Waals surface area contributed by atoms with Crippen molar-refractivity contribution in [3.8, 4) is 0 Å². The number of carbonyl (C=O) groups is 2. The number of nitrogens with one attached hydrogen (secondary N) is 10. The summed E-state index contributed by atoms with van der Waals surface area (Å²) in [4.78, 5) is 26.3. The van der Waals surface area contributed by atoms with E-state index < -0.39 is 0 Å². The van der Waals surface area contributed by atoms with Gasteiger partial charge in [-0.2, -0.15) is 0 Å². The van der Waals surface area contributed by atoms with E-state index in [1.165, 1.54) is 0 Å². The van der Waals surface area contributed by atoms with Gasteiger partial charge in [0, 0.05) is 157 Å². The highest BCUT2D eigenvalue weighted by Gasteiger charge is 2.24. The molecule has 0 fully saturated rings. The van der Waals surface area contributed by atoms with E-state index in [9.17, 15) is 9.59 Å². The minimum Gasteiger partial charge on any atom is -0.359 e. The van der Waals surface area contributed by atoms with Crippen molar-refractivity contribution < 1.29 is 9.59 Å². The third kappa shape index (κ3) is 26.9. The van der Waals surface area contributed by atoms with Crippen LogP contribution in [-0.2, 0) is 9.59 Å². The minimum absolute atomic E-state index is 0.0157. The Balaban J connectivity index is 3.34. The van der Waals surface area contributed by atoms with Gasteiger partial charge in [0.25, 0.3) is 0 Å². The third-order valence-corrected chi connectivity index (χ3v) is 7.32. The first-order valence-electron chi connectivity index (χ1n) is 17.0. The van der Waals surface area contributed by atoms with Gasteiger partial charge >= 0.3 is 0 Å². The van der Waals surface area contributed by atoms with E-state index in [4.69, 9.17) is 5.73 Å². The van der Waals surface area contributed by atoms with Crippen LogP contribution in [0, 0.1) is 11.8 Å². The average Bonchev–Trinajstić information content (AvgIpc) is 3.03. The summed E-state index contributed by atoms with van der Waals surface area (Å²) in [6.45, 7) is 22.2. The maximum Gasteiger partial charge on any atom is 0.225 e. The molecule has 0 spiro atoms. The maximum atomic E-state index is 12.6. The predicted molar refractivity (Wildman–Crippen MR) is 184 cm³/mol. The number of hydrogen-bond acceptors (Lipinski definition) is 12. The lowest BCUT2D eigenvalue weighted by Gasteiger charge is -2.24. The molecule has 14 heteroatoms. The van der Waals surface area contributed by atoms with Crippen LogP contribution in [0.2, 0.25) is 0 Å². The van der Waals surface area contributed by atoms with E-state index in [-0.39, 0.29) is 23.7 Å². The van der Waals surface area contributed by atoms with Gasteiger partial charge in [0.05, 0.1) is 0 Å². The fourth-order valence-electron chi connectivity index (χ4n) is 4.57. The van der Waals surface area contributed by atoms with Gasteiger partial charge < -0.3 is 63.8 Å². The second-order valence-electron chi connectivity index (χ2n) is 11.2. The lowest BCUT2D eigenvalue weighted by molar-refractivity contribution is -0.134. The van der Waals surface area contributed by atoms with Gasteiger partial charge in [-0.1, -0.05) is 13.8 Å². The van der Waals surface area contributed by atoms with Gasteiger partial charge in [-0.25, -0.2) is 0 Å². The van der Waals surface area contributed by atoms with Gasteiger partial charge in [-0.05, 0) is 12.8 Å². The van der Waals surface area contributed by atoms with Crippen LogP contribution >= 0.6 is 0 Å². The van der Waals surface area contributed by atoms with Crippen LogP contribution in [0.25, 0.3) is 0 Å². The molecule has 0 saturated carbocycles. The van der Waals surface area contributed by atoms with Crippen molar-refractivity contribution in [2.75, 3.05) is 145 Å². The van der Waals surface area contributed by atoms with Gasteiger partial charge in [0.2, 0.25) is 11.8 Å². The smallest absolute Gasteiger partial charge is 0.225 e. The van der Waals surface area contributed by atoms with Gasteiger partial charge in [0.1, 0.15) is 0 Å². The van der Waals surface area contributed by atoms with E-state index in [0.29, 0.717) is 19.5 Å². The Morgan fingerprint density at radius 3 is 1.20 bits per heavy atom. The largest absolute Gasteiger partial charge is 0.359 e. The van der Waals surface area contributed by atoms with E-state index in [1.54, 1.807) is 11.9 Å². The summed E-state index contributed by atoms with van der Waals surface area (Å²) in [6.07, 6.45) is 1.33. The quantitative estimate of drug-likeness (QED) is 0.0316. The van der Waals surface area contributed by atoms with Crippen LogP contribution in [0.15, 0.2) is 0 Å². The zero-order valence-corrected chi connectivity index (χ0v) is 28.6. The standard InChI is InChI=1S/C30H70N12O2/c1-5-28(29(43)32-3)26-27(2)30(44)42(4)25-24-41-23-22-40-21-20-39-19-18-38-17-16-37-15-14-36-13-12-35-11-10-34-9-8-33-7-6-31/h27-28,33-41H,5-26,31H2,1-4H3,(H,32,43). The summed E-state index contributed by atoms with van der Waals surface area (Å²) in [6, 6.07) is 0. The second-order valence-corrected chi connectivity index (χ2v) is 11.2. The Morgan fingerprint density at radius 1 is 0.591 bits per heavy atom. The minimum atomic E-state index is -0.159. The van der Waals surface area contributed by atoms with E-state index in [0.717, 1.165) is 124 Å². The Bertz CT molecular complexity index is 647. The molecule has 0 aliphatic heterocycles. The highest BCUT2D eigenvalue weighted by atomic mass is 16.2. The van der Waals surface area contributed by atoms with Crippen LogP contribution in [0.1, 0.15) is 26.7 Å². The van der Waals surface area contributed by atoms with Crippen molar-refractivity contribution in [2.24, 2.45) is 17.6 Å². The first-order chi connectivity index (χ1) is 21.5. The lowest BCUT2D eigenvalue weighted by Crippen LogP contribution is -2.40. The molecule has 2 atom stereocenters. The topological polar surface area (TPSA) is 184 Å². The van der Waals surface area contributed by atoms with Gasteiger partial charge in [0.15, 0.2) is 0 Å². The summed E-state index contributed by atoms with van der Waals surface area (Å²) in [5.41, 5.74) is 5.44. The highest BCUT2D eigenvalue weighted by molar-refractivity contribution is 5.81. The van der Waals surface area contributed by atoms with Crippen molar-refractivity contribution in [1.82, 2.24) is 58.1 Å². The molecule has 0 bridgehead atoms. The Kier molecular flexibility index (Phi) is 31.8. The van der Waals surface area contributed by atoms with E-state index >= 15 is 0 Å². The molecule has 0 aliphatic carbocycles. The molecule has 12 N–H and O–H groups in total. The van der Waals surface area contributed by atoms with Crippen LogP contribution in [-0.4, -0.2) is 162 Å². The maximum absolute atomic E-state index is 12.6. The molecular formula is C30H70N12O2. The number of hydrogen-bond donors (Lipinski definition) is 11. The predicted octanol–water partition coefficient (Wildman–Crippen LogP) is -3.49.